The van der Waals surface area contributed by atoms with Crippen LogP contribution in [0.25, 0.3) is 16.0 Å². The van der Waals surface area contributed by atoms with Gasteiger partial charge in [-0.05, 0) is 75.2 Å². The predicted octanol–water partition coefficient (Wildman–Crippen LogP) is 3.90. The highest BCUT2D eigenvalue weighted by molar-refractivity contribution is 7.20. The molecule has 196 valence electrons. The molecule has 0 unspecified atom stereocenters. The number of carbonyl (C=O) groups excluding carboxylic acids is 1. The molecular weight excluding hydrogens is 500 g/mol. The normalized spacial score (nSPS) is 17.0. The number of nitrogens with two attached hydrogens (primary N) is 2. The van der Waals surface area contributed by atoms with Crippen molar-refractivity contribution in [1.82, 2.24) is 14.5 Å². The van der Waals surface area contributed by atoms with Crippen LogP contribution < -0.4 is 26.7 Å². The number of nitrogen functional groups attached to an aromatic ring is 1. The van der Waals surface area contributed by atoms with Gasteiger partial charge < -0.3 is 26.0 Å². The van der Waals surface area contributed by atoms with Gasteiger partial charge in [-0.2, -0.15) is 0 Å². The first kappa shape index (κ1) is 24.4. The Morgan fingerprint density at radius 3 is 2.47 bits per heavy atom. The average molecular weight is 531 g/mol. The van der Waals surface area contributed by atoms with Gasteiger partial charge in [0.25, 0.3) is 11.5 Å². The van der Waals surface area contributed by atoms with Crippen LogP contribution in [-0.2, 0) is 0 Å². The molecule has 1 aliphatic carbocycles. The van der Waals surface area contributed by atoms with E-state index in [0.29, 0.717) is 34.1 Å². The van der Waals surface area contributed by atoms with Crippen LogP contribution in [0, 0.1) is 0 Å². The topological polar surface area (TPSA) is 120 Å². The lowest BCUT2D eigenvalue weighted by Gasteiger charge is -2.31. The molecule has 0 atom stereocenters. The summed E-state index contributed by atoms with van der Waals surface area (Å²) in [6, 6.07) is 18.0. The van der Waals surface area contributed by atoms with Crippen molar-refractivity contribution in [2.24, 2.45) is 5.73 Å². The number of rotatable bonds is 4. The molecule has 2 aromatic carbocycles. The fourth-order valence-electron chi connectivity index (χ4n) is 5.14. The van der Waals surface area contributed by atoms with Crippen molar-refractivity contribution in [3.8, 4) is 11.4 Å². The van der Waals surface area contributed by atoms with Crippen molar-refractivity contribution in [2.75, 3.05) is 36.9 Å². The third-order valence-electron chi connectivity index (χ3n) is 7.16. The van der Waals surface area contributed by atoms with E-state index in [1.54, 1.807) is 12.1 Å². The number of carbonyl (C=O) groups is 1. The lowest BCUT2D eigenvalue weighted by atomic mass is 10.1. The van der Waals surface area contributed by atoms with Gasteiger partial charge in [0.1, 0.15) is 17.2 Å². The van der Waals surface area contributed by atoms with Gasteiger partial charge in [0, 0.05) is 11.7 Å². The number of benzene rings is 2. The molecule has 2 fully saturated rings. The van der Waals surface area contributed by atoms with E-state index in [4.69, 9.17) is 16.2 Å². The summed E-state index contributed by atoms with van der Waals surface area (Å²) >= 11 is 1.10. The molecule has 9 nitrogen and oxygen atoms in total. The number of likely N-dealkylation sites (tertiary alicyclic amines) is 1. The minimum absolute atomic E-state index is 0.144. The molecule has 38 heavy (non-hydrogen) atoms. The second kappa shape index (κ2) is 10.1. The van der Waals surface area contributed by atoms with Crippen molar-refractivity contribution in [1.29, 1.82) is 0 Å². The molecule has 4 aromatic rings. The number of anilines is 3. The average Bonchev–Trinajstić information content (AvgIpc) is 3.46. The Balaban J connectivity index is 0.000000279. The first-order valence-electron chi connectivity index (χ1n) is 13.0. The second-order valence-electron chi connectivity index (χ2n) is 9.76. The molecule has 1 amide bonds. The van der Waals surface area contributed by atoms with Gasteiger partial charge in [-0.25, -0.2) is 4.98 Å². The van der Waals surface area contributed by atoms with Gasteiger partial charge in [-0.3, -0.25) is 14.2 Å². The molecule has 3 aliphatic rings. The molecule has 10 heteroatoms. The van der Waals surface area contributed by atoms with Crippen LogP contribution >= 0.6 is 11.3 Å². The highest BCUT2D eigenvalue weighted by atomic mass is 32.1. The molecule has 1 saturated carbocycles. The molecule has 7 rings (SSSR count). The molecule has 2 aliphatic heterocycles. The Morgan fingerprint density at radius 1 is 1.00 bits per heavy atom. The van der Waals surface area contributed by atoms with E-state index in [-0.39, 0.29) is 5.82 Å². The monoisotopic (exact) mass is 530 g/mol. The first-order chi connectivity index (χ1) is 18.5. The Labute approximate surface area is 224 Å². The highest BCUT2D eigenvalue weighted by Gasteiger charge is 2.30. The Hall–Kier alpha value is -3.89. The fourth-order valence-corrected chi connectivity index (χ4v) is 6.02. The lowest BCUT2D eigenvalue weighted by Crippen LogP contribution is -2.29. The summed E-state index contributed by atoms with van der Waals surface area (Å²) in [5.41, 5.74) is 13.8. The number of primary amides is 1. The van der Waals surface area contributed by atoms with Gasteiger partial charge in [-0.1, -0.05) is 18.2 Å². The summed E-state index contributed by atoms with van der Waals surface area (Å²) in [5, 5.41) is 0. The summed E-state index contributed by atoms with van der Waals surface area (Å²) in [6.45, 7) is 4.02. The van der Waals surface area contributed by atoms with Crippen molar-refractivity contribution in [3.63, 3.8) is 0 Å². The van der Waals surface area contributed by atoms with Crippen LogP contribution in [0.15, 0.2) is 59.4 Å². The summed E-state index contributed by atoms with van der Waals surface area (Å²) in [7, 11) is 0. The van der Waals surface area contributed by atoms with Gasteiger partial charge >= 0.3 is 0 Å². The summed E-state index contributed by atoms with van der Waals surface area (Å²) in [4.78, 5) is 34.2. The number of thiophene rings is 1. The van der Waals surface area contributed by atoms with Gasteiger partial charge in [-0.15, -0.1) is 11.3 Å². The summed E-state index contributed by atoms with van der Waals surface area (Å²) in [6.07, 6.45) is 5.88. The van der Waals surface area contributed by atoms with Gasteiger partial charge in [0.2, 0.25) is 0 Å². The third-order valence-corrected chi connectivity index (χ3v) is 8.19. The minimum Gasteiger partial charge on any atom is -0.490 e. The number of nitrogens with zero attached hydrogens (tertiary/aromatic N) is 4. The zero-order valence-electron chi connectivity index (χ0n) is 21.0. The number of fused-ring (bicyclic) bond motifs is 2. The smallest absolute Gasteiger partial charge is 0.298 e. The molecule has 0 spiro atoms. The first-order valence-corrected chi connectivity index (χ1v) is 13.8. The number of amides is 1. The van der Waals surface area contributed by atoms with E-state index in [0.717, 1.165) is 34.5 Å². The number of aromatic nitrogens is 2. The zero-order valence-corrected chi connectivity index (χ0v) is 21.8. The van der Waals surface area contributed by atoms with E-state index in [1.807, 2.05) is 42.5 Å². The highest BCUT2D eigenvalue weighted by Crippen LogP contribution is 2.38. The Kier molecular flexibility index (Phi) is 6.50. The van der Waals surface area contributed by atoms with E-state index in [2.05, 4.69) is 14.8 Å². The Morgan fingerprint density at radius 2 is 1.76 bits per heavy atom. The maximum absolute atomic E-state index is 12.9. The van der Waals surface area contributed by atoms with E-state index < -0.39 is 11.5 Å². The van der Waals surface area contributed by atoms with Crippen molar-refractivity contribution >= 4 is 44.8 Å². The van der Waals surface area contributed by atoms with Crippen LogP contribution in [0.3, 0.4) is 0 Å². The minimum atomic E-state index is -0.579. The SMILES string of the molecule is C1CCN(C2CC2)C1.NC(=O)c1cc2c(nc(N)c(=O)n2-c2ccc3c(c2)N(c2ccccc2)CCO3)s1. The number of hydrogen-bond acceptors (Lipinski definition) is 8. The van der Waals surface area contributed by atoms with E-state index in [1.165, 1.54) is 43.3 Å². The molecule has 0 bridgehead atoms. The Bertz CT molecular complexity index is 1540. The summed E-state index contributed by atoms with van der Waals surface area (Å²) < 4.78 is 7.27. The third kappa shape index (κ3) is 4.72. The van der Waals surface area contributed by atoms with Gasteiger partial charge in [0.05, 0.1) is 28.3 Å². The van der Waals surface area contributed by atoms with Crippen LogP contribution in [-0.4, -0.2) is 52.6 Å². The number of para-hydroxylation sites is 1. The van der Waals surface area contributed by atoms with Crippen molar-refractivity contribution < 1.29 is 9.53 Å². The van der Waals surface area contributed by atoms with E-state index >= 15 is 0 Å². The van der Waals surface area contributed by atoms with Crippen molar-refractivity contribution in [3.05, 3.63) is 69.8 Å². The predicted molar refractivity (Wildman–Crippen MR) is 151 cm³/mol. The van der Waals surface area contributed by atoms with E-state index in [9.17, 15) is 9.59 Å². The number of hydrogen-bond donors (Lipinski definition) is 2. The lowest BCUT2D eigenvalue weighted by molar-refractivity contribution is 0.100. The standard InChI is InChI=1S/C21H17N5O3S.C7H13N/c22-18-21(28)26(15-11-17(19(23)27)30-20(15)24-18)13-6-7-16-14(10-13)25(8-9-29-16)12-4-2-1-3-5-12;1-2-6-8(5-1)7-3-4-7/h1-7,10-11H,8-9H2,(H2,22,24)(H2,23,27);7H,1-6H2. The molecular formula is C28H30N6O3S. The number of ether oxygens (including phenoxy) is 1. The van der Waals surface area contributed by atoms with Crippen LogP contribution in [0.1, 0.15) is 35.4 Å². The summed E-state index contributed by atoms with van der Waals surface area (Å²) in [5.74, 6) is 0.00207. The maximum Gasteiger partial charge on any atom is 0.298 e. The van der Waals surface area contributed by atoms with Gasteiger partial charge in [0.15, 0.2) is 5.82 Å². The van der Waals surface area contributed by atoms with Crippen LogP contribution in [0.5, 0.6) is 5.75 Å². The molecule has 4 heterocycles. The molecule has 1 saturated heterocycles. The second-order valence-corrected chi connectivity index (χ2v) is 10.8. The fraction of sp³-hybridized carbons (Fsp3) is 0.321. The molecule has 4 N–H and O–H groups in total. The van der Waals surface area contributed by atoms with Crippen LogP contribution in [0.2, 0.25) is 0 Å². The van der Waals surface area contributed by atoms with Crippen LogP contribution in [0.4, 0.5) is 17.2 Å². The van der Waals surface area contributed by atoms with Crippen molar-refractivity contribution in [2.45, 2.75) is 31.7 Å². The zero-order chi connectivity index (χ0) is 26.2. The quantitative estimate of drug-likeness (QED) is 0.411. The molecule has 0 radical (unpaired) electrons. The largest absolute Gasteiger partial charge is 0.490 e. The maximum atomic E-state index is 12.9. The molecule has 2 aromatic heterocycles.